The number of aromatic nitrogens is 2. The summed E-state index contributed by atoms with van der Waals surface area (Å²) in [5.74, 6) is 1.95. The van der Waals surface area contributed by atoms with Crippen LogP contribution in [0.25, 0.3) is 11.0 Å². The van der Waals surface area contributed by atoms with Crippen molar-refractivity contribution < 1.29 is 9.53 Å². The van der Waals surface area contributed by atoms with Gasteiger partial charge in [0, 0.05) is 23.7 Å². The summed E-state index contributed by atoms with van der Waals surface area (Å²) in [4.78, 5) is 19.9. The fraction of sp³-hybridized carbons (Fsp3) is 0.391. The summed E-state index contributed by atoms with van der Waals surface area (Å²) in [5, 5.41) is 0.689. The van der Waals surface area contributed by atoms with E-state index in [1.54, 1.807) is 7.11 Å². The predicted molar refractivity (Wildman–Crippen MR) is 118 cm³/mol. The molecule has 0 unspecified atom stereocenters. The van der Waals surface area contributed by atoms with E-state index < -0.39 is 0 Å². The molecule has 1 amide bonds. The highest BCUT2D eigenvalue weighted by Gasteiger charge is 2.21. The molecular formula is C23H28ClN3O2. The molecule has 0 aliphatic heterocycles. The van der Waals surface area contributed by atoms with Gasteiger partial charge in [-0.25, -0.2) is 4.98 Å². The number of aryl methyl sites for hydroxylation is 1. The topological polar surface area (TPSA) is 47.4 Å². The SMILES string of the molecule is CCCn1c(CN(CC(C)C)C(=O)c2ccc(OC)cc2)nc2ccc(Cl)cc21. The number of imidazole rings is 1. The van der Waals surface area contributed by atoms with Crippen molar-refractivity contribution >= 4 is 28.5 Å². The number of carbonyl (C=O) groups is 1. The molecule has 0 aliphatic carbocycles. The molecule has 2 aromatic carbocycles. The Labute approximate surface area is 177 Å². The molecule has 5 nitrogen and oxygen atoms in total. The Morgan fingerprint density at radius 1 is 1.21 bits per heavy atom. The van der Waals surface area contributed by atoms with Gasteiger partial charge in [0.25, 0.3) is 5.91 Å². The highest BCUT2D eigenvalue weighted by atomic mass is 35.5. The van der Waals surface area contributed by atoms with E-state index in [0.29, 0.717) is 29.6 Å². The molecule has 1 heterocycles. The Morgan fingerprint density at radius 3 is 2.55 bits per heavy atom. The van der Waals surface area contributed by atoms with E-state index in [1.807, 2.05) is 47.4 Å². The molecule has 0 radical (unpaired) electrons. The third-order valence-corrected chi connectivity index (χ3v) is 5.01. The summed E-state index contributed by atoms with van der Waals surface area (Å²) in [7, 11) is 1.62. The van der Waals surface area contributed by atoms with Crippen LogP contribution in [0.4, 0.5) is 0 Å². The van der Waals surface area contributed by atoms with Gasteiger partial charge in [0.15, 0.2) is 0 Å². The number of nitrogens with zero attached hydrogens (tertiary/aromatic N) is 3. The second kappa shape index (κ2) is 9.31. The van der Waals surface area contributed by atoms with E-state index in [0.717, 1.165) is 35.6 Å². The van der Waals surface area contributed by atoms with Gasteiger partial charge in [0.05, 0.1) is 24.7 Å². The van der Waals surface area contributed by atoms with Crippen molar-refractivity contribution in [1.82, 2.24) is 14.5 Å². The Kier molecular flexibility index (Phi) is 6.80. The zero-order valence-electron chi connectivity index (χ0n) is 17.5. The van der Waals surface area contributed by atoms with Gasteiger partial charge in [-0.15, -0.1) is 0 Å². The van der Waals surface area contributed by atoms with Crippen LogP contribution in [0.2, 0.25) is 5.02 Å². The van der Waals surface area contributed by atoms with Crippen molar-refractivity contribution in [2.24, 2.45) is 5.92 Å². The van der Waals surface area contributed by atoms with Crippen molar-refractivity contribution in [1.29, 1.82) is 0 Å². The number of methoxy groups -OCH3 is 1. The van der Waals surface area contributed by atoms with Gasteiger partial charge in [0.1, 0.15) is 11.6 Å². The smallest absolute Gasteiger partial charge is 0.254 e. The van der Waals surface area contributed by atoms with E-state index in [4.69, 9.17) is 21.3 Å². The second-order valence-corrected chi connectivity index (χ2v) is 8.06. The van der Waals surface area contributed by atoms with Crippen molar-refractivity contribution in [2.75, 3.05) is 13.7 Å². The molecule has 6 heteroatoms. The molecule has 0 atom stereocenters. The number of rotatable bonds is 8. The Morgan fingerprint density at radius 2 is 1.93 bits per heavy atom. The quantitative estimate of drug-likeness (QED) is 0.496. The molecule has 0 bridgehead atoms. The molecule has 0 saturated carbocycles. The molecule has 3 rings (SSSR count). The largest absolute Gasteiger partial charge is 0.497 e. The van der Waals surface area contributed by atoms with E-state index in [-0.39, 0.29) is 5.91 Å². The molecule has 3 aromatic rings. The summed E-state index contributed by atoms with van der Waals surface area (Å²) >= 11 is 6.21. The van der Waals surface area contributed by atoms with E-state index in [2.05, 4.69) is 25.3 Å². The van der Waals surface area contributed by atoms with Gasteiger partial charge in [-0.3, -0.25) is 4.79 Å². The van der Waals surface area contributed by atoms with Crippen LogP contribution in [0.5, 0.6) is 5.75 Å². The summed E-state index contributed by atoms with van der Waals surface area (Å²) in [6.45, 7) is 8.30. The van der Waals surface area contributed by atoms with Gasteiger partial charge >= 0.3 is 0 Å². The number of benzene rings is 2. The third kappa shape index (κ3) is 4.91. The van der Waals surface area contributed by atoms with Crippen LogP contribution in [0.15, 0.2) is 42.5 Å². The summed E-state index contributed by atoms with van der Waals surface area (Å²) in [5.41, 5.74) is 2.56. The number of amides is 1. The van der Waals surface area contributed by atoms with Crippen LogP contribution < -0.4 is 4.74 Å². The Hall–Kier alpha value is -2.53. The first-order chi connectivity index (χ1) is 13.9. The lowest BCUT2D eigenvalue weighted by molar-refractivity contribution is 0.0716. The van der Waals surface area contributed by atoms with E-state index in [9.17, 15) is 4.79 Å². The van der Waals surface area contributed by atoms with Crippen molar-refractivity contribution in [3.63, 3.8) is 0 Å². The minimum Gasteiger partial charge on any atom is -0.497 e. The standard InChI is InChI=1S/C23H28ClN3O2/c1-5-12-27-21-13-18(24)8-11-20(21)25-22(27)15-26(14-16(2)3)23(28)17-6-9-19(29-4)10-7-17/h6-11,13,16H,5,12,14-15H2,1-4H3. The number of fused-ring (bicyclic) bond motifs is 1. The minimum atomic E-state index is -0.00510. The molecule has 154 valence electrons. The van der Waals surface area contributed by atoms with E-state index in [1.165, 1.54) is 0 Å². The van der Waals surface area contributed by atoms with Gasteiger partial charge in [-0.2, -0.15) is 0 Å². The lowest BCUT2D eigenvalue weighted by atomic mass is 10.1. The van der Waals surface area contributed by atoms with Crippen LogP contribution >= 0.6 is 11.6 Å². The van der Waals surface area contributed by atoms with Crippen LogP contribution in [0.3, 0.4) is 0 Å². The zero-order valence-corrected chi connectivity index (χ0v) is 18.2. The van der Waals surface area contributed by atoms with Gasteiger partial charge in [0.2, 0.25) is 0 Å². The summed E-state index contributed by atoms with van der Waals surface area (Å²) in [6.07, 6.45) is 0.974. The molecule has 0 N–H and O–H groups in total. The van der Waals surface area contributed by atoms with Crippen LogP contribution in [0, 0.1) is 5.92 Å². The first kappa shape index (κ1) is 21.2. The number of ether oxygens (including phenoxy) is 1. The first-order valence-corrected chi connectivity index (χ1v) is 10.4. The van der Waals surface area contributed by atoms with E-state index >= 15 is 0 Å². The molecular weight excluding hydrogens is 386 g/mol. The van der Waals surface area contributed by atoms with Crippen LogP contribution in [0.1, 0.15) is 43.4 Å². The van der Waals surface area contributed by atoms with Gasteiger partial charge in [-0.1, -0.05) is 32.4 Å². The monoisotopic (exact) mass is 413 g/mol. The van der Waals surface area contributed by atoms with Crippen molar-refractivity contribution in [3.8, 4) is 5.75 Å². The lowest BCUT2D eigenvalue weighted by Crippen LogP contribution is -2.34. The average Bonchev–Trinajstić information content (AvgIpc) is 3.03. The highest BCUT2D eigenvalue weighted by molar-refractivity contribution is 6.31. The maximum Gasteiger partial charge on any atom is 0.254 e. The molecule has 0 aliphatic rings. The highest BCUT2D eigenvalue weighted by Crippen LogP contribution is 2.23. The average molecular weight is 414 g/mol. The molecule has 0 spiro atoms. The maximum absolute atomic E-state index is 13.2. The maximum atomic E-state index is 13.2. The first-order valence-electron chi connectivity index (χ1n) is 10.0. The second-order valence-electron chi connectivity index (χ2n) is 7.62. The number of halogens is 1. The number of carbonyl (C=O) groups excluding carboxylic acids is 1. The Balaban J connectivity index is 1.95. The minimum absolute atomic E-state index is 0.00510. The molecule has 1 aromatic heterocycles. The summed E-state index contributed by atoms with van der Waals surface area (Å²) < 4.78 is 7.38. The van der Waals surface area contributed by atoms with Gasteiger partial charge in [-0.05, 0) is 54.8 Å². The van der Waals surface area contributed by atoms with Crippen LogP contribution in [-0.4, -0.2) is 34.0 Å². The third-order valence-electron chi connectivity index (χ3n) is 4.78. The Bertz CT molecular complexity index is 980. The van der Waals surface area contributed by atoms with Crippen molar-refractivity contribution in [2.45, 2.75) is 40.3 Å². The number of hydrogen-bond donors (Lipinski definition) is 0. The normalized spacial score (nSPS) is 11.2. The zero-order chi connectivity index (χ0) is 21.0. The van der Waals surface area contributed by atoms with Crippen molar-refractivity contribution in [3.05, 3.63) is 58.9 Å². The summed E-state index contributed by atoms with van der Waals surface area (Å²) in [6, 6.07) is 13.0. The number of hydrogen-bond acceptors (Lipinski definition) is 3. The molecule has 0 fully saturated rings. The van der Waals surface area contributed by atoms with Crippen LogP contribution in [-0.2, 0) is 13.1 Å². The predicted octanol–water partition coefficient (Wildman–Crippen LogP) is 5.41. The molecule has 0 saturated heterocycles. The fourth-order valence-corrected chi connectivity index (χ4v) is 3.65. The molecule has 29 heavy (non-hydrogen) atoms. The fourth-order valence-electron chi connectivity index (χ4n) is 3.49. The van der Waals surface area contributed by atoms with Gasteiger partial charge < -0.3 is 14.2 Å². The lowest BCUT2D eigenvalue weighted by Gasteiger charge is -2.25.